The molecule has 0 aliphatic carbocycles. The van der Waals surface area contributed by atoms with Gasteiger partial charge in [0.05, 0.1) is 5.71 Å². The van der Waals surface area contributed by atoms with Crippen molar-refractivity contribution in [2.75, 3.05) is 19.0 Å². The highest BCUT2D eigenvalue weighted by molar-refractivity contribution is 6.05. The largest absolute Gasteiger partial charge is 0.377 e. The maximum absolute atomic E-state index is 6.29. The van der Waals surface area contributed by atoms with E-state index in [1.807, 2.05) is 32.0 Å². The van der Waals surface area contributed by atoms with Crippen LogP contribution in [-0.4, -0.2) is 25.5 Å². The number of benzene rings is 2. The first-order valence-electron chi connectivity index (χ1n) is 8.40. The molecule has 126 valence electrons. The van der Waals surface area contributed by atoms with Gasteiger partial charge in [-0.3, -0.25) is 4.99 Å². The van der Waals surface area contributed by atoms with Gasteiger partial charge in [0.1, 0.15) is 6.10 Å². The molecule has 2 aromatic rings. The molecule has 1 aliphatic rings. The minimum Gasteiger partial charge on any atom is -0.377 e. The topological polar surface area (TPSA) is 24.8 Å². The average Bonchev–Trinajstić information content (AvgIpc) is 2.83. The molecule has 1 aliphatic heterocycles. The molecule has 2 aromatic carbocycles. The van der Waals surface area contributed by atoms with Gasteiger partial charge in [-0.15, -0.1) is 0 Å². The Hall–Kier alpha value is -2.13. The fourth-order valence-electron chi connectivity index (χ4n) is 3.62. The second-order valence-electron chi connectivity index (χ2n) is 7.21. The summed E-state index contributed by atoms with van der Waals surface area (Å²) in [5.41, 5.74) is 6.60. The molecular weight excluding hydrogens is 296 g/mol. The van der Waals surface area contributed by atoms with E-state index in [2.05, 4.69) is 57.1 Å². The monoisotopic (exact) mass is 322 g/mol. The number of aryl methyl sites for hydroxylation is 2. The fourth-order valence-corrected chi connectivity index (χ4v) is 3.62. The smallest absolute Gasteiger partial charge is 0.155 e. The van der Waals surface area contributed by atoms with Crippen molar-refractivity contribution in [1.29, 1.82) is 0 Å². The van der Waals surface area contributed by atoms with Gasteiger partial charge in [0.15, 0.2) is 5.72 Å². The number of rotatable bonds is 3. The van der Waals surface area contributed by atoms with Crippen molar-refractivity contribution in [2.45, 2.75) is 39.5 Å². The third-order valence-electron chi connectivity index (χ3n) is 4.38. The highest BCUT2D eigenvalue weighted by Gasteiger charge is 2.36. The number of ether oxygens (including phenoxy) is 1. The van der Waals surface area contributed by atoms with Crippen LogP contribution < -0.4 is 4.90 Å². The Kier molecular flexibility index (Phi) is 4.22. The summed E-state index contributed by atoms with van der Waals surface area (Å²) < 4.78 is 6.29. The maximum Gasteiger partial charge on any atom is 0.155 e. The molecule has 3 nitrogen and oxygen atoms in total. The van der Waals surface area contributed by atoms with Crippen LogP contribution in [0.3, 0.4) is 0 Å². The van der Waals surface area contributed by atoms with Gasteiger partial charge in [-0.05, 0) is 49.9 Å². The lowest BCUT2D eigenvalue weighted by Crippen LogP contribution is -2.19. The van der Waals surface area contributed by atoms with Crippen LogP contribution in [0.4, 0.5) is 5.69 Å². The van der Waals surface area contributed by atoms with E-state index in [-0.39, 0.29) is 6.10 Å². The summed E-state index contributed by atoms with van der Waals surface area (Å²) in [5.74, 6) is 0. The Morgan fingerprint density at radius 2 is 1.58 bits per heavy atom. The minimum absolute atomic E-state index is 0.129. The van der Waals surface area contributed by atoms with E-state index in [0.717, 1.165) is 11.3 Å². The van der Waals surface area contributed by atoms with Crippen molar-refractivity contribution in [1.82, 2.24) is 0 Å². The van der Waals surface area contributed by atoms with Gasteiger partial charge in [-0.2, -0.15) is 0 Å². The molecule has 24 heavy (non-hydrogen) atoms. The van der Waals surface area contributed by atoms with Crippen molar-refractivity contribution >= 4 is 11.4 Å². The zero-order valence-electron chi connectivity index (χ0n) is 15.4. The van der Waals surface area contributed by atoms with Gasteiger partial charge >= 0.3 is 0 Å². The number of hydrogen-bond acceptors (Lipinski definition) is 3. The second kappa shape index (κ2) is 6.06. The van der Waals surface area contributed by atoms with Crippen LogP contribution >= 0.6 is 0 Å². The number of anilines is 1. The lowest BCUT2D eigenvalue weighted by Gasteiger charge is -2.23. The molecule has 0 radical (unpaired) electrons. The molecule has 3 heteroatoms. The Balaban J connectivity index is 2.07. The SMILES string of the molecule is Cc1cc(C2OC(C)(C)N=C2c2ccccc2)cc(C)c1N(C)C. The molecule has 0 N–H and O–H groups in total. The average molecular weight is 322 g/mol. The zero-order chi connectivity index (χ0) is 17.5. The van der Waals surface area contributed by atoms with Crippen LogP contribution in [0.2, 0.25) is 0 Å². The van der Waals surface area contributed by atoms with Crippen LogP contribution in [-0.2, 0) is 4.74 Å². The summed E-state index contributed by atoms with van der Waals surface area (Å²) in [6.45, 7) is 8.35. The summed E-state index contributed by atoms with van der Waals surface area (Å²) in [6, 6.07) is 14.8. The van der Waals surface area contributed by atoms with Gasteiger partial charge in [0, 0.05) is 19.8 Å². The van der Waals surface area contributed by atoms with E-state index in [1.54, 1.807) is 0 Å². The van der Waals surface area contributed by atoms with E-state index in [1.165, 1.54) is 22.4 Å². The predicted octanol–water partition coefficient (Wildman–Crippen LogP) is 4.67. The quantitative estimate of drug-likeness (QED) is 0.820. The molecule has 0 bridgehead atoms. The van der Waals surface area contributed by atoms with Gasteiger partial charge in [0.25, 0.3) is 0 Å². The Morgan fingerprint density at radius 1 is 1.00 bits per heavy atom. The third kappa shape index (κ3) is 3.09. The van der Waals surface area contributed by atoms with E-state index >= 15 is 0 Å². The Labute approximate surface area is 145 Å². The lowest BCUT2D eigenvalue weighted by atomic mass is 9.95. The Bertz CT molecular complexity index is 753. The van der Waals surface area contributed by atoms with Gasteiger partial charge in [-0.25, -0.2) is 0 Å². The maximum atomic E-state index is 6.29. The van der Waals surface area contributed by atoms with Crippen molar-refractivity contribution in [2.24, 2.45) is 4.99 Å². The summed E-state index contributed by atoms with van der Waals surface area (Å²) in [5, 5.41) is 0. The van der Waals surface area contributed by atoms with E-state index < -0.39 is 5.72 Å². The van der Waals surface area contributed by atoms with Gasteiger partial charge in [0.2, 0.25) is 0 Å². The standard InChI is InChI=1S/C21H26N2O/c1-14-12-17(13-15(2)19(14)23(5)6)20-18(22-21(3,4)24-20)16-10-8-7-9-11-16/h7-13,20H,1-6H3. The molecule has 3 rings (SSSR count). The van der Waals surface area contributed by atoms with E-state index in [0.29, 0.717) is 0 Å². The molecular formula is C21H26N2O. The summed E-state index contributed by atoms with van der Waals surface area (Å²) >= 11 is 0. The Morgan fingerprint density at radius 3 is 2.12 bits per heavy atom. The predicted molar refractivity (Wildman–Crippen MR) is 101 cm³/mol. The van der Waals surface area contributed by atoms with Crippen molar-refractivity contribution < 1.29 is 4.74 Å². The highest BCUT2D eigenvalue weighted by Crippen LogP contribution is 2.38. The van der Waals surface area contributed by atoms with Crippen LogP contribution in [0.1, 0.15) is 42.2 Å². The van der Waals surface area contributed by atoms with Crippen LogP contribution in [0.5, 0.6) is 0 Å². The fraction of sp³-hybridized carbons (Fsp3) is 0.381. The molecule has 1 unspecified atom stereocenters. The first-order valence-corrected chi connectivity index (χ1v) is 8.40. The van der Waals surface area contributed by atoms with Crippen LogP contribution in [0.25, 0.3) is 0 Å². The normalized spacial score (nSPS) is 19.2. The van der Waals surface area contributed by atoms with Crippen LogP contribution in [0.15, 0.2) is 47.5 Å². The van der Waals surface area contributed by atoms with Crippen molar-refractivity contribution in [3.63, 3.8) is 0 Å². The van der Waals surface area contributed by atoms with Crippen molar-refractivity contribution in [3.8, 4) is 0 Å². The molecule has 0 saturated heterocycles. The summed E-state index contributed by atoms with van der Waals surface area (Å²) in [4.78, 5) is 7.02. The summed E-state index contributed by atoms with van der Waals surface area (Å²) in [6.07, 6.45) is -0.129. The minimum atomic E-state index is -0.502. The van der Waals surface area contributed by atoms with Gasteiger partial charge < -0.3 is 9.64 Å². The molecule has 0 amide bonds. The van der Waals surface area contributed by atoms with Gasteiger partial charge in [-0.1, -0.05) is 42.5 Å². The molecule has 0 saturated carbocycles. The third-order valence-corrected chi connectivity index (χ3v) is 4.38. The highest BCUT2D eigenvalue weighted by atomic mass is 16.5. The van der Waals surface area contributed by atoms with Crippen molar-refractivity contribution in [3.05, 3.63) is 64.7 Å². The molecule has 0 spiro atoms. The first kappa shape index (κ1) is 16.7. The number of nitrogens with zero attached hydrogens (tertiary/aromatic N) is 2. The molecule has 1 atom stereocenters. The second-order valence-corrected chi connectivity index (χ2v) is 7.21. The number of hydrogen-bond donors (Lipinski definition) is 0. The lowest BCUT2D eigenvalue weighted by molar-refractivity contribution is -0.0160. The number of aliphatic imine (C=N–C) groups is 1. The molecule has 1 heterocycles. The zero-order valence-corrected chi connectivity index (χ0v) is 15.4. The van der Waals surface area contributed by atoms with E-state index in [4.69, 9.17) is 9.73 Å². The molecule has 0 fully saturated rings. The summed E-state index contributed by atoms with van der Waals surface area (Å²) in [7, 11) is 4.17. The van der Waals surface area contributed by atoms with Crippen LogP contribution in [0, 0.1) is 13.8 Å². The molecule has 0 aromatic heterocycles. The van der Waals surface area contributed by atoms with E-state index in [9.17, 15) is 0 Å². The first-order chi connectivity index (χ1) is 11.3.